The summed E-state index contributed by atoms with van der Waals surface area (Å²) in [6.45, 7) is 33.0. The third-order valence-corrected chi connectivity index (χ3v) is 20.0. The third kappa shape index (κ3) is 19.6. The van der Waals surface area contributed by atoms with Gasteiger partial charge < -0.3 is 56.6 Å². The Morgan fingerprint density at radius 1 is 0.459 bits per heavy atom. The Hall–Kier alpha value is -12.0. The third-order valence-electron chi connectivity index (χ3n) is 19.4. The van der Waals surface area contributed by atoms with Crippen molar-refractivity contribution in [1.82, 2.24) is 9.56 Å². The highest BCUT2D eigenvalue weighted by molar-refractivity contribution is 14.1. The van der Waals surface area contributed by atoms with Gasteiger partial charge in [0, 0.05) is 147 Å². The number of nitro groups is 1. The minimum Gasteiger partial charge on any atom is -0.507 e. The molecule has 0 aliphatic rings. The van der Waals surface area contributed by atoms with Gasteiger partial charge in [0.25, 0.3) is 5.69 Å². The van der Waals surface area contributed by atoms with Crippen LogP contribution < -0.4 is 57.0 Å². The van der Waals surface area contributed by atoms with Crippen LogP contribution in [-0.4, -0.2) is 67.4 Å². The number of ether oxygens (including phenoxy) is 2. The predicted octanol–water partition coefficient (Wildman–Crippen LogP) is 22.5. The first-order valence-corrected chi connectivity index (χ1v) is 38.1. The number of benzene rings is 13. The number of rotatable bonds is 18. The summed E-state index contributed by atoms with van der Waals surface area (Å²) in [6.07, 6.45) is 0. The first-order chi connectivity index (χ1) is 52.6. The summed E-state index contributed by atoms with van der Waals surface area (Å²) in [5.74, 6) is 3.12. The molecule has 109 heavy (non-hydrogen) atoms. The van der Waals surface area contributed by atoms with Crippen molar-refractivity contribution in [3.63, 3.8) is 0 Å². The maximum absolute atomic E-state index is 10.9. The molecular formula is C90H98IN12O6+. The van der Waals surface area contributed by atoms with E-state index in [-0.39, 0.29) is 5.69 Å². The SMILES string of the molecule is CCN(CC)c1ccc2c(O)cccc2c1.CCN(CC)c1ccc2c(Oc3cc(N)c(C)cc3N=Nc3ccc([N+](=O)[O-])cc3)cccc2c1.CCN(CC)c1ccc2c(Oc3ccc(C)c(N)c3)cccc2c1.CC[N+](CC)=c1ccc2c(ccc3nc4cc(C)c(N)cc4oc32)c1.Cc1ccc(I)cc1N. The second-order valence-corrected chi connectivity index (χ2v) is 27.5. The molecule has 560 valence electrons. The van der Waals surface area contributed by atoms with E-state index in [1.165, 1.54) is 37.8 Å². The van der Waals surface area contributed by atoms with Crippen molar-refractivity contribution in [2.45, 2.75) is 83.1 Å². The molecule has 19 heteroatoms. The standard InChI is InChI=1S/C27H27N5O3.C21H21N3O.C21H24N2O.C14H17NO.C7H8IN/c1-4-31(5-2)22-13-14-23-19(16-22)7-6-8-26(23)35-27-17-24(28)18(3)15-25(27)30-29-20-9-11-21(12-10-20)32(33)34;1-4-24(5-2)15-7-8-16-14(11-15)6-9-18-21(16)25-20-12-17(22)13(3)10-19(20)23-18;1-4-23(5-2)17-10-12-19-16(13-17)7-6-8-21(19)24-18-11-9-15(3)20(22)14-18;1-3-15(4-2)12-8-9-13-11(10-12)6-5-7-14(13)16;1-5-2-3-6(8)4-7(5)9/h6-17H,4-5,28H2,1-3H3;6-12,22H,4-5H2,1-3H3;6-14H,4-5,22H2,1-3H3;5-10,16H,3-4H2,1-2H3;2-4H,9H2,1H3/p+1. The van der Waals surface area contributed by atoms with Crippen LogP contribution in [0, 0.1) is 41.4 Å². The maximum Gasteiger partial charge on any atom is 0.269 e. The van der Waals surface area contributed by atoms with Crippen molar-refractivity contribution in [3.05, 3.63) is 266 Å². The fourth-order valence-electron chi connectivity index (χ4n) is 12.8. The molecule has 0 bridgehead atoms. The molecule has 0 spiro atoms. The highest BCUT2D eigenvalue weighted by atomic mass is 127. The number of anilines is 7. The van der Waals surface area contributed by atoms with Crippen LogP contribution in [0.15, 0.2) is 239 Å². The monoisotopic (exact) mass is 1570 g/mol. The van der Waals surface area contributed by atoms with Crippen LogP contribution >= 0.6 is 22.6 Å². The number of nitrogen functional groups attached to an aromatic ring is 4. The van der Waals surface area contributed by atoms with Gasteiger partial charge >= 0.3 is 0 Å². The summed E-state index contributed by atoms with van der Waals surface area (Å²) >= 11 is 2.24. The lowest BCUT2D eigenvalue weighted by Gasteiger charge is -2.21. The molecule has 0 radical (unpaired) electrons. The lowest BCUT2D eigenvalue weighted by molar-refractivity contribution is -0.384. The molecule has 14 rings (SSSR count). The molecule has 0 saturated heterocycles. The number of phenols is 1. The zero-order chi connectivity index (χ0) is 78.0. The molecule has 1 heterocycles. The smallest absolute Gasteiger partial charge is 0.269 e. The van der Waals surface area contributed by atoms with Crippen molar-refractivity contribution in [3.8, 4) is 28.7 Å². The summed E-state index contributed by atoms with van der Waals surface area (Å²) in [6, 6.07) is 72.5. The lowest BCUT2D eigenvalue weighted by Crippen LogP contribution is -2.29. The number of nitrogens with zero attached hydrogens (tertiary/aromatic N) is 8. The number of phenolic OH excluding ortho intramolecular Hbond substituents is 1. The van der Waals surface area contributed by atoms with Crippen molar-refractivity contribution < 1.29 is 23.9 Å². The van der Waals surface area contributed by atoms with Crippen molar-refractivity contribution in [1.29, 1.82) is 0 Å². The Kier molecular flexibility index (Phi) is 27.0. The van der Waals surface area contributed by atoms with Crippen LogP contribution in [0.5, 0.6) is 28.7 Å². The van der Waals surface area contributed by atoms with E-state index in [2.05, 4.69) is 192 Å². The number of azo groups is 1. The number of halogens is 1. The summed E-state index contributed by atoms with van der Waals surface area (Å²) in [7, 11) is 0. The largest absolute Gasteiger partial charge is 0.507 e. The Balaban J connectivity index is 0.000000153. The summed E-state index contributed by atoms with van der Waals surface area (Å²) in [4.78, 5) is 22.1. The van der Waals surface area contributed by atoms with Gasteiger partial charge in [-0.3, -0.25) is 10.1 Å². The number of hydrogen-bond acceptors (Lipinski definition) is 16. The number of nitrogens with two attached hydrogens (primary N) is 4. The molecule has 0 saturated carbocycles. The number of fused-ring (bicyclic) bond motifs is 7. The summed E-state index contributed by atoms with van der Waals surface area (Å²) in [5.41, 5.74) is 38.6. The Labute approximate surface area is 651 Å². The second-order valence-electron chi connectivity index (χ2n) is 26.3. The van der Waals surface area contributed by atoms with Crippen LogP contribution in [-0.2, 0) is 0 Å². The average molecular weight is 1570 g/mol. The Morgan fingerprint density at radius 2 is 0.954 bits per heavy atom. The fourth-order valence-corrected chi connectivity index (χ4v) is 13.3. The number of hydrogen-bond donors (Lipinski definition) is 5. The quantitative estimate of drug-likeness (QED) is 0.00784. The minimum atomic E-state index is -0.453. The molecule has 14 aromatic rings. The summed E-state index contributed by atoms with van der Waals surface area (Å²) in [5, 5.41) is 39.0. The van der Waals surface area contributed by atoms with Gasteiger partial charge in [0.15, 0.2) is 16.9 Å². The molecule has 18 nitrogen and oxygen atoms in total. The van der Waals surface area contributed by atoms with E-state index >= 15 is 0 Å². The minimum absolute atomic E-state index is 0.00333. The number of aryl methyl sites for hydroxylation is 4. The van der Waals surface area contributed by atoms with E-state index in [1.54, 1.807) is 24.3 Å². The summed E-state index contributed by atoms with van der Waals surface area (Å²) < 4.78 is 22.1. The van der Waals surface area contributed by atoms with E-state index in [4.69, 9.17) is 41.8 Å². The molecule has 0 amide bonds. The molecule has 0 unspecified atom stereocenters. The molecule has 0 aliphatic carbocycles. The number of aromatic nitrogens is 1. The van der Waals surface area contributed by atoms with Gasteiger partial charge in [-0.25, -0.2) is 9.56 Å². The molecular weight excluding hydrogens is 1470 g/mol. The molecule has 9 N–H and O–H groups in total. The van der Waals surface area contributed by atoms with Gasteiger partial charge in [0.1, 0.15) is 52.8 Å². The highest BCUT2D eigenvalue weighted by Crippen LogP contribution is 2.41. The van der Waals surface area contributed by atoms with Gasteiger partial charge in [-0.1, -0.05) is 54.6 Å². The van der Waals surface area contributed by atoms with E-state index in [9.17, 15) is 15.2 Å². The fraction of sp³-hybridized carbons (Fsp3) is 0.222. The maximum atomic E-state index is 10.9. The van der Waals surface area contributed by atoms with Crippen LogP contribution in [0.3, 0.4) is 0 Å². The Morgan fingerprint density at radius 3 is 1.50 bits per heavy atom. The Bertz CT molecular complexity index is 5650. The van der Waals surface area contributed by atoms with Crippen molar-refractivity contribution >= 4 is 145 Å². The average Bonchev–Trinajstić information content (AvgIpc) is 0.759. The normalized spacial score (nSPS) is 10.9. The van der Waals surface area contributed by atoms with Crippen molar-refractivity contribution in [2.75, 3.05) is 90.0 Å². The predicted molar refractivity (Wildman–Crippen MR) is 466 cm³/mol. The van der Waals surface area contributed by atoms with E-state index in [0.29, 0.717) is 34.3 Å². The highest BCUT2D eigenvalue weighted by Gasteiger charge is 2.16. The first-order valence-electron chi connectivity index (χ1n) is 37.0. The van der Waals surface area contributed by atoms with Gasteiger partial charge in [-0.15, -0.1) is 5.11 Å². The van der Waals surface area contributed by atoms with Gasteiger partial charge in [0.05, 0.1) is 10.6 Å². The first kappa shape index (κ1) is 79.6. The van der Waals surface area contributed by atoms with Crippen molar-refractivity contribution in [2.24, 2.45) is 10.2 Å². The van der Waals surface area contributed by atoms with E-state index < -0.39 is 4.92 Å². The molecule has 0 fully saturated rings. The van der Waals surface area contributed by atoms with Crippen LogP contribution in [0.2, 0.25) is 0 Å². The van der Waals surface area contributed by atoms with Crippen LogP contribution in [0.1, 0.15) is 77.6 Å². The van der Waals surface area contributed by atoms with Crippen LogP contribution in [0.4, 0.5) is 56.9 Å². The number of aromatic hydroxyl groups is 1. The van der Waals surface area contributed by atoms with Gasteiger partial charge in [-0.05, 0) is 277 Å². The van der Waals surface area contributed by atoms with E-state index in [0.717, 1.165) is 169 Å². The van der Waals surface area contributed by atoms with Gasteiger partial charge in [0.2, 0.25) is 5.36 Å². The molecule has 0 aliphatic heterocycles. The molecule has 1 aromatic heterocycles. The van der Waals surface area contributed by atoms with Gasteiger partial charge in [-0.2, -0.15) is 5.11 Å². The van der Waals surface area contributed by atoms with Crippen LogP contribution in [0.25, 0.3) is 65.3 Å². The van der Waals surface area contributed by atoms with E-state index in [1.807, 2.05) is 131 Å². The molecule has 13 aromatic carbocycles. The topological polar surface area (TPSA) is 249 Å². The number of non-ortho nitro benzene ring substituents is 1. The second kappa shape index (κ2) is 37.0. The zero-order valence-electron chi connectivity index (χ0n) is 64.3. The number of nitro benzene ring substituents is 1. The molecule has 0 atom stereocenters. The lowest BCUT2D eigenvalue weighted by atomic mass is 10.1. The zero-order valence-corrected chi connectivity index (χ0v) is 66.4.